The molecule has 2 aromatic rings. The summed E-state index contributed by atoms with van der Waals surface area (Å²) < 4.78 is 13.4. The Morgan fingerprint density at radius 2 is 1.76 bits per heavy atom. The van der Waals surface area contributed by atoms with E-state index in [0.717, 1.165) is 11.1 Å². The largest absolute Gasteiger partial charge is 0.481 e. The van der Waals surface area contributed by atoms with Gasteiger partial charge in [0.1, 0.15) is 5.82 Å². The predicted molar refractivity (Wildman–Crippen MR) is 63.2 cm³/mol. The van der Waals surface area contributed by atoms with Gasteiger partial charge in [0.2, 0.25) is 0 Å². The lowest BCUT2D eigenvalue weighted by Gasteiger charge is -2.05. The van der Waals surface area contributed by atoms with Crippen molar-refractivity contribution < 1.29 is 14.3 Å². The Morgan fingerprint density at radius 3 is 2.41 bits per heavy atom. The minimum atomic E-state index is -1.03. The summed E-state index contributed by atoms with van der Waals surface area (Å²) in [6, 6.07) is 14.0. The fourth-order valence-corrected chi connectivity index (χ4v) is 1.68. The molecule has 0 radical (unpaired) electrons. The third-order valence-corrected chi connectivity index (χ3v) is 2.49. The molecule has 0 aliphatic carbocycles. The first-order chi connectivity index (χ1) is 8.16. The zero-order valence-electron chi connectivity index (χ0n) is 9.06. The number of hydrogen-bond donors (Lipinski definition) is 1. The molecule has 0 saturated heterocycles. The van der Waals surface area contributed by atoms with E-state index in [0.29, 0.717) is 0 Å². The number of carboxylic acid groups (broad SMARTS) is 1. The molecule has 0 unspecified atom stereocenters. The minimum Gasteiger partial charge on any atom is -0.481 e. The van der Waals surface area contributed by atoms with Crippen molar-refractivity contribution in [3.05, 3.63) is 59.9 Å². The van der Waals surface area contributed by atoms with Gasteiger partial charge in [-0.15, -0.1) is 0 Å². The second-order valence-electron chi connectivity index (χ2n) is 3.74. The highest BCUT2D eigenvalue weighted by molar-refractivity contribution is 5.72. The highest BCUT2D eigenvalue weighted by Gasteiger charge is 2.08. The number of hydrogen-bond acceptors (Lipinski definition) is 1. The lowest BCUT2D eigenvalue weighted by atomic mass is 10.0. The molecule has 2 nitrogen and oxygen atoms in total. The predicted octanol–water partition coefficient (Wildman–Crippen LogP) is 3.12. The molecule has 3 heteroatoms. The molecular formula is C14H11FO2. The van der Waals surface area contributed by atoms with Gasteiger partial charge in [0.15, 0.2) is 0 Å². The summed E-state index contributed by atoms with van der Waals surface area (Å²) in [5.41, 5.74) is 1.97. The van der Waals surface area contributed by atoms with Crippen LogP contribution < -0.4 is 0 Å². The van der Waals surface area contributed by atoms with E-state index >= 15 is 0 Å². The van der Waals surface area contributed by atoms with Crippen LogP contribution >= 0.6 is 0 Å². The highest BCUT2D eigenvalue weighted by Crippen LogP contribution is 2.22. The Bertz CT molecular complexity index is 535. The smallest absolute Gasteiger partial charge is 0.307 e. The summed E-state index contributed by atoms with van der Waals surface area (Å²) >= 11 is 0. The standard InChI is InChI=1S/C14H11FO2/c15-13-7-6-11(8-12(13)9-14(16)17)10-4-2-1-3-5-10/h1-8H,9H2,(H,16,17). The van der Waals surface area contributed by atoms with E-state index < -0.39 is 11.8 Å². The average Bonchev–Trinajstić information content (AvgIpc) is 2.32. The molecule has 1 N–H and O–H groups in total. The SMILES string of the molecule is O=C(O)Cc1cc(-c2ccccc2)ccc1F. The molecular weight excluding hydrogens is 219 g/mol. The Kier molecular flexibility index (Phi) is 3.19. The zero-order chi connectivity index (χ0) is 12.3. The van der Waals surface area contributed by atoms with Crippen molar-refractivity contribution >= 4 is 5.97 Å². The second-order valence-corrected chi connectivity index (χ2v) is 3.74. The van der Waals surface area contributed by atoms with Crippen LogP contribution in [0.15, 0.2) is 48.5 Å². The van der Waals surface area contributed by atoms with E-state index in [9.17, 15) is 9.18 Å². The lowest BCUT2D eigenvalue weighted by molar-refractivity contribution is -0.136. The third kappa shape index (κ3) is 2.69. The summed E-state index contributed by atoms with van der Waals surface area (Å²) in [6.07, 6.45) is -0.299. The van der Waals surface area contributed by atoms with Crippen LogP contribution in [0, 0.1) is 5.82 Å². The van der Waals surface area contributed by atoms with Gasteiger partial charge in [-0.2, -0.15) is 0 Å². The van der Waals surface area contributed by atoms with Crippen molar-refractivity contribution in [1.29, 1.82) is 0 Å². The lowest BCUT2D eigenvalue weighted by Crippen LogP contribution is -2.02. The van der Waals surface area contributed by atoms with Crippen LogP contribution in [0.4, 0.5) is 4.39 Å². The molecule has 86 valence electrons. The van der Waals surface area contributed by atoms with Crippen molar-refractivity contribution in [2.75, 3.05) is 0 Å². The second kappa shape index (κ2) is 4.78. The summed E-state index contributed by atoms with van der Waals surface area (Å²) in [4.78, 5) is 10.6. The Balaban J connectivity index is 2.41. The van der Waals surface area contributed by atoms with E-state index in [4.69, 9.17) is 5.11 Å². The normalized spacial score (nSPS) is 10.2. The van der Waals surface area contributed by atoms with E-state index in [-0.39, 0.29) is 12.0 Å². The third-order valence-electron chi connectivity index (χ3n) is 2.49. The summed E-state index contributed by atoms with van der Waals surface area (Å²) in [6.45, 7) is 0. The molecule has 0 fully saturated rings. The van der Waals surface area contributed by atoms with Crippen LogP contribution in [0.3, 0.4) is 0 Å². The molecule has 0 spiro atoms. The topological polar surface area (TPSA) is 37.3 Å². The molecule has 0 atom stereocenters. The monoisotopic (exact) mass is 230 g/mol. The van der Waals surface area contributed by atoms with E-state index in [1.54, 1.807) is 12.1 Å². The van der Waals surface area contributed by atoms with Crippen molar-refractivity contribution in [1.82, 2.24) is 0 Å². The van der Waals surface area contributed by atoms with Gasteiger partial charge >= 0.3 is 5.97 Å². The molecule has 2 rings (SSSR count). The number of aliphatic carboxylic acids is 1. The van der Waals surface area contributed by atoms with Crippen molar-refractivity contribution in [3.63, 3.8) is 0 Å². The van der Waals surface area contributed by atoms with Crippen LogP contribution in [-0.4, -0.2) is 11.1 Å². The number of halogens is 1. The Labute approximate surface area is 98.3 Å². The number of rotatable bonds is 3. The number of carbonyl (C=O) groups is 1. The number of benzene rings is 2. The van der Waals surface area contributed by atoms with Crippen LogP contribution in [0.25, 0.3) is 11.1 Å². The highest BCUT2D eigenvalue weighted by atomic mass is 19.1. The Morgan fingerprint density at radius 1 is 1.06 bits per heavy atom. The fraction of sp³-hybridized carbons (Fsp3) is 0.0714. The first kappa shape index (κ1) is 11.3. The Hall–Kier alpha value is -2.16. The van der Waals surface area contributed by atoms with Gasteiger partial charge in [-0.25, -0.2) is 4.39 Å². The molecule has 0 saturated carbocycles. The van der Waals surface area contributed by atoms with E-state index in [1.165, 1.54) is 6.07 Å². The maximum Gasteiger partial charge on any atom is 0.307 e. The zero-order valence-corrected chi connectivity index (χ0v) is 9.06. The summed E-state index contributed by atoms with van der Waals surface area (Å²) in [5, 5.41) is 8.69. The van der Waals surface area contributed by atoms with Gasteiger partial charge in [-0.1, -0.05) is 36.4 Å². The maximum absolute atomic E-state index is 13.4. The van der Waals surface area contributed by atoms with Gasteiger partial charge < -0.3 is 5.11 Å². The van der Waals surface area contributed by atoms with E-state index in [1.807, 2.05) is 30.3 Å². The van der Waals surface area contributed by atoms with Crippen molar-refractivity contribution in [2.24, 2.45) is 0 Å². The van der Waals surface area contributed by atoms with Crippen LogP contribution in [0.5, 0.6) is 0 Å². The first-order valence-electron chi connectivity index (χ1n) is 5.22. The molecule has 17 heavy (non-hydrogen) atoms. The van der Waals surface area contributed by atoms with Gasteiger partial charge in [-0.3, -0.25) is 4.79 Å². The summed E-state index contributed by atoms with van der Waals surface area (Å²) in [7, 11) is 0. The van der Waals surface area contributed by atoms with Crippen LogP contribution in [-0.2, 0) is 11.2 Å². The number of carboxylic acids is 1. The molecule has 0 bridgehead atoms. The fourth-order valence-electron chi connectivity index (χ4n) is 1.68. The van der Waals surface area contributed by atoms with Crippen molar-refractivity contribution in [3.8, 4) is 11.1 Å². The van der Waals surface area contributed by atoms with Crippen molar-refractivity contribution in [2.45, 2.75) is 6.42 Å². The molecule has 0 aromatic heterocycles. The molecule has 0 amide bonds. The summed E-state index contributed by atoms with van der Waals surface area (Å²) in [5.74, 6) is -1.51. The first-order valence-corrected chi connectivity index (χ1v) is 5.22. The molecule has 0 heterocycles. The average molecular weight is 230 g/mol. The molecule has 2 aromatic carbocycles. The maximum atomic E-state index is 13.4. The molecule has 0 aliphatic heterocycles. The van der Waals surface area contributed by atoms with Gasteiger partial charge in [0.25, 0.3) is 0 Å². The molecule has 0 aliphatic rings. The van der Waals surface area contributed by atoms with Crippen LogP contribution in [0.1, 0.15) is 5.56 Å². The van der Waals surface area contributed by atoms with Gasteiger partial charge in [-0.05, 0) is 28.8 Å². The minimum absolute atomic E-state index is 0.207. The van der Waals surface area contributed by atoms with Crippen LogP contribution in [0.2, 0.25) is 0 Å². The van der Waals surface area contributed by atoms with Gasteiger partial charge in [0.05, 0.1) is 6.42 Å². The quantitative estimate of drug-likeness (QED) is 0.879. The van der Waals surface area contributed by atoms with Gasteiger partial charge in [0, 0.05) is 0 Å². The van der Waals surface area contributed by atoms with E-state index in [2.05, 4.69) is 0 Å².